The van der Waals surface area contributed by atoms with Gasteiger partial charge in [0.15, 0.2) is 12.4 Å². The molecule has 1 saturated carbocycles. The largest absolute Gasteiger partial charge is 0.457 e. The normalized spacial score (nSPS) is 16.9. The number of esters is 1. The minimum absolute atomic E-state index is 0.141. The van der Waals surface area contributed by atoms with Gasteiger partial charge in [-0.1, -0.05) is 120 Å². The predicted molar refractivity (Wildman–Crippen MR) is 119 cm³/mol. The summed E-state index contributed by atoms with van der Waals surface area (Å²) in [4.78, 5) is 23.7. The van der Waals surface area contributed by atoms with Crippen molar-refractivity contribution in [1.29, 1.82) is 0 Å². The van der Waals surface area contributed by atoms with E-state index in [9.17, 15) is 9.59 Å². The summed E-state index contributed by atoms with van der Waals surface area (Å²) >= 11 is 0. The van der Waals surface area contributed by atoms with Crippen molar-refractivity contribution in [3.63, 3.8) is 0 Å². The first-order valence-corrected chi connectivity index (χ1v) is 12.0. The zero-order valence-electron chi connectivity index (χ0n) is 18.2. The fraction of sp³-hybridized carbons (Fsp3) is 0.692. The third kappa shape index (κ3) is 11.2. The lowest BCUT2D eigenvalue weighted by Crippen LogP contribution is -2.13. The molecular formula is C26H40O3. The zero-order chi connectivity index (χ0) is 20.6. The Labute approximate surface area is 177 Å². The van der Waals surface area contributed by atoms with Crippen LogP contribution < -0.4 is 0 Å². The van der Waals surface area contributed by atoms with Crippen molar-refractivity contribution >= 4 is 11.8 Å². The van der Waals surface area contributed by atoms with E-state index in [0.717, 1.165) is 18.8 Å². The van der Waals surface area contributed by atoms with Gasteiger partial charge in [0.25, 0.3) is 0 Å². The van der Waals surface area contributed by atoms with E-state index in [4.69, 9.17) is 4.74 Å². The number of ketones is 1. The summed E-state index contributed by atoms with van der Waals surface area (Å²) in [6, 6.07) is 8.97. The number of Topliss-reactive ketones (excluding diaryl/α,β-unsaturated/α-hetero) is 1. The quantitative estimate of drug-likeness (QED) is 0.108. The Morgan fingerprint density at radius 2 is 1.34 bits per heavy atom. The van der Waals surface area contributed by atoms with Crippen molar-refractivity contribution in [2.45, 2.75) is 103 Å². The Kier molecular flexibility index (Phi) is 12.4. The summed E-state index contributed by atoms with van der Waals surface area (Å²) in [7, 11) is 0. The van der Waals surface area contributed by atoms with Crippen LogP contribution in [0.1, 0.15) is 113 Å². The van der Waals surface area contributed by atoms with Crippen molar-refractivity contribution in [2.75, 3.05) is 6.61 Å². The number of hydrogen-bond donors (Lipinski definition) is 0. The molecule has 1 unspecified atom stereocenters. The van der Waals surface area contributed by atoms with Crippen LogP contribution in [0.15, 0.2) is 30.3 Å². The number of unbranched alkanes of at least 4 members (excludes halogenated alkanes) is 7. The monoisotopic (exact) mass is 401 g/mol. The van der Waals surface area contributed by atoms with Gasteiger partial charge in [-0.05, 0) is 12.3 Å². The van der Waals surface area contributed by atoms with E-state index in [1.54, 1.807) is 12.1 Å². The minimum Gasteiger partial charge on any atom is -0.457 e. The van der Waals surface area contributed by atoms with Crippen molar-refractivity contribution in [3.8, 4) is 0 Å². The molecule has 1 aliphatic carbocycles. The van der Waals surface area contributed by atoms with Crippen LogP contribution >= 0.6 is 0 Å². The number of carbonyl (C=O) groups is 2. The third-order valence-electron chi connectivity index (χ3n) is 6.18. The Bertz CT molecular complexity index is 559. The molecule has 0 N–H and O–H groups in total. The van der Waals surface area contributed by atoms with E-state index in [0.29, 0.717) is 12.0 Å². The van der Waals surface area contributed by atoms with Crippen LogP contribution in [0.5, 0.6) is 0 Å². The Morgan fingerprint density at radius 3 is 2.00 bits per heavy atom. The second-order valence-corrected chi connectivity index (χ2v) is 8.67. The molecule has 1 aromatic rings. The smallest absolute Gasteiger partial charge is 0.306 e. The SMILES string of the molecule is O=C(CCCCCCCCCCC1CCCC[13CH2]C1)OCC(=O)c1ccccc1. The molecule has 0 radical (unpaired) electrons. The maximum Gasteiger partial charge on any atom is 0.306 e. The van der Waals surface area contributed by atoms with Gasteiger partial charge in [-0.2, -0.15) is 0 Å². The van der Waals surface area contributed by atoms with Gasteiger partial charge in [0.05, 0.1) is 0 Å². The van der Waals surface area contributed by atoms with E-state index in [1.807, 2.05) is 18.2 Å². The number of benzene rings is 1. The van der Waals surface area contributed by atoms with Gasteiger partial charge in [-0.25, -0.2) is 0 Å². The first kappa shape index (κ1) is 23.6. The van der Waals surface area contributed by atoms with Crippen LogP contribution in [-0.4, -0.2) is 18.4 Å². The van der Waals surface area contributed by atoms with Gasteiger partial charge in [0.2, 0.25) is 0 Å². The molecule has 0 aromatic heterocycles. The molecule has 162 valence electrons. The Hall–Kier alpha value is -1.64. The number of rotatable bonds is 14. The number of ether oxygens (including phenoxy) is 1. The lowest BCUT2D eigenvalue weighted by molar-refractivity contribution is -0.142. The van der Waals surface area contributed by atoms with Gasteiger partial charge in [-0.3, -0.25) is 9.59 Å². The highest BCUT2D eigenvalue weighted by molar-refractivity contribution is 5.97. The maximum atomic E-state index is 11.9. The molecule has 1 fully saturated rings. The van der Waals surface area contributed by atoms with E-state index >= 15 is 0 Å². The molecule has 0 saturated heterocycles. The van der Waals surface area contributed by atoms with E-state index < -0.39 is 0 Å². The average Bonchev–Trinajstić information content (AvgIpc) is 3.03. The number of carbonyl (C=O) groups excluding carboxylic acids is 2. The molecule has 0 aliphatic heterocycles. The van der Waals surface area contributed by atoms with Crippen LogP contribution in [0.3, 0.4) is 0 Å². The topological polar surface area (TPSA) is 43.4 Å². The Morgan fingerprint density at radius 1 is 0.759 bits per heavy atom. The fourth-order valence-electron chi connectivity index (χ4n) is 4.34. The zero-order valence-corrected chi connectivity index (χ0v) is 18.2. The van der Waals surface area contributed by atoms with E-state index in [-0.39, 0.29) is 18.4 Å². The molecule has 0 amide bonds. The van der Waals surface area contributed by atoms with Crippen LogP contribution in [0, 0.1) is 5.92 Å². The summed E-state index contributed by atoms with van der Waals surface area (Å²) < 4.78 is 5.10. The molecule has 3 heteroatoms. The Balaban J connectivity index is 1.36. The van der Waals surface area contributed by atoms with E-state index in [2.05, 4.69) is 0 Å². The van der Waals surface area contributed by atoms with Gasteiger partial charge in [0, 0.05) is 12.0 Å². The second kappa shape index (κ2) is 15.2. The third-order valence-corrected chi connectivity index (χ3v) is 6.18. The van der Waals surface area contributed by atoms with Crippen molar-refractivity contribution in [1.82, 2.24) is 0 Å². The predicted octanol–water partition coefficient (Wildman–Crippen LogP) is 7.28. The highest BCUT2D eigenvalue weighted by Crippen LogP contribution is 2.27. The minimum atomic E-state index is -0.257. The standard InChI is InChI=1S/C26H40O3/c27-25(24-19-13-9-14-20-24)22-29-26(28)21-15-6-4-2-1-3-5-10-16-23-17-11-7-8-12-18-23/h9,13-14,19-20,23H,1-8,10-12,15-18,21-22H2/i11+1. The van der Waals surface area contributed by atoms with Gasteiger partial charge < -0.3 is 4.74 Å². The molecule has 0 spiro atoms. The molecule has 1 aromatic carbocycles. The molecule has 3 nitrogen and oxygen atoms in total. The molecule has 0 heterocycles. The highest BCUT2D eigenvalue weighted by atomic mass is 16.5. The molecule has 1 atom stereocenters. The molecular weight excluding hydrogens is 361 g/mol. The van der Waals surface area contributed by atoms with E-state index in [1.165, 1.54) is 83.5 Å². The summed E-state index contributed by atoms with van der Waals surface area (Å²) in [5, 5.41) is 0. The van der Waals surface area contributed by atoms with Crippen molar-refractivity contribution < 1.29 is 14.3 Å². The summed E-state index contributed by atoms with van der Waals surface area (Å²) in [6.45, 7) is -0.149. The number of hydrogen-bond acceptors (Lipinski definition) is 3. The molecule has 29 heavy (non-hydrogen) atoms. The summed E-state index contributed by atoms with van der Waals surface area (Å²) in [5.74, 6) is 0.617. The maximum absolute atomic E-state index is 11.9. The molecule has 0 bridgehead atoms. The molecule has 2 rings (SSSR count). The first-order chi connectivity index (χ1) is 14.3. The van der Waals surface area contributed by atoms with Gasteiger partial charge in [-0.15, -0.1) is 0 Å². The van der Waals surface area contributed by atoms with Crippen LogP contribution in [-0.2, 0) is 9.53 Å². The lowest BCUT2D eigenvalue weighted by atomic mass is 9.95. The highest BCUT2D eigenvalue weighted by Gasteiger charge is 2.11. The second-order valence-electron chi connectivity index (χ2n) is 8.67. The fourth-order valence-corrected chi connectivity index (χ4v) is 4.34. The molecule has 1 aliphatic rings. The van der Waals surface area contributed by atoms with Crippen LogP contribution in [0.25, 0.3) is 0 Å². The van der Waals surface area contributed by atoms with Crippen LogP contribution in [0.2, 0.25) is 0 Å². The summed E-state index contributed by atoms with van der Waals surface area (Å²) in [5.41, 5.74) is 0.592. The van der Waals surface area contributed by atoms with Crippen molar-refractivity contribution in [2.24, 2.45) is 5.92 Å². The van der Waals surface area contributed by atoms with Gasteiger partial charge in [0.1, 0.15) is 0 Å². The van der Waals surface area contributed by atoms with Crippen molar-refractivity contribution in [3.05, 3.63) is 35.9 Å². The lowest BCUT2D eigenvalue weighted by Gasteiger charge is -2.13. The first-order valence-electron chi connectivity index (χ1n) is 12.0. The van der Waals surface area contributed by atoms with Crippen LogP contribution in [0.4, 0.5) is 0 Å². The van der Waals surface area contributed by atoms with Gasteiger partial charge >= 0.3 is 5.97 Å². The average molecular weight is 402 g/mol. The summed E-state index contributed by atoms with van der Waals surface area (Å²) in [6.07, 6.45) is 20.5.